The van der Waals surface area contributed by atoms with Gasteiger partial charge in [0.05, 0.1) is 7.11 Å². The molecule has 0 atom stereocenters. The van der Waals surface area contributed by atoms with Crippen LogP contribution in [0.3, 0.4) is 0 Å². The van der Waals surface area contributed by atoms with E-state index in [4.69, 9.17) is 9.47 Å². The highest BCUT2D eigenvalue weighted by Gasteiger charge is 2.12. The maximum Gasteiger partial charge on any atom is 0.306 e. The molecule has 29 heavy (non-hydrogen) atoms. The Morgan fingerprint density at radius 1 is 0.828 bits per heavy atom. The molecule has 0 saturated carbocycles. The summed E-state index contributed by atoms with van der Waals surface area (Å²) in [5.41, 5.74) is 5.40. The van der Waals surface area contributed by atoms with Crippen molar-refractivity contribution >= 4 is 23.6 Å². The SMILES string of the molecule is COc1ccc(C(=O)COC(=O)CCCC(=O)NNC(=O)c2ccccc2)cc1. The lowest BCUT2D eigenvalue weighted by Crippen LogP contribution is -2.41. The van der Waals surface area contributed by atoms with Crippen molar-refractivity contribution in [1.82, 2.24) is 10.9 Å². The molecule has 0 bridgehead atoms. The molecule has 2 N–H and O–H groups in total. The van der Waals surface area contributed by atoms with Gasteiger partial charge < -0.3 is 9.47 Å². The van der Waals surface area contributed by atoms with Gasteiger partial charge in [0.15, 0.2) is 12.4 Å². The molecule has 0 saturated heterocycles. The van der Waals surface area contributed by atoms with Gasteiger partial charge in [-0.1, -0.05) is 18.2 Å². The molecular formula is C21H22N2O6. The number of rotatable bonds is 9. The van der Waals surface area contributed by atoms with Crippen LogP contribution in [-0.2, 0) is 14.3 Å². The number of benzene rings is 2. The number of carbonyl (C=O) groups excluding carboxylic acids is 4. The van der Waals surface area contributed by atoms with Crippen LogP contribution in [-0.4, -0.2) is 37.3 Å². The van der Waals surface area contributed by atoms with Crippen LogP contribution in [0.1, 0.15) is 40.0 Å². The first-order chi connectivity index (χ1) is 14.0. The van der Waals surface area contributed by atoms with Crippen LogP contribution in [0.25, 0.3) is 0 Å². The topological polar surface area (TPSA) is 111 Å². The molecule has 0 aromatic heterocycles. The summed E-state index contributed by atoms with van der Waals surface area (Å²) in [5, 5.41) is 0. The largest absolute Gasteiger partial charge is 0.497 e. The normalized spacial score (nSPS) is 9.97. The highest BCUT2D eigenvalue weighted by Crippen LogP contribution is 2.12. The Bertz CT molecular complexity index is 849. The summed E-state index contributed by atoms with van der Waals surface area (Å²) < 4.78 is 9.94. The van der Waals surface area contributed by atoms with Gasteiger partial charge in [0.1, 0.15) is 5.75 Å². The smallest absolute Gasteiger partial charge is 0.306 e. The Hall–Kier alpha value is -3.68. The molecule has 8 nitrogen and oxygen atoms in total. The van der Waals surface area contributed by atoms with E-state index in [9.17, 15) is 19.2 Å². The van der Waals surface area contributed by atoms with Crippen molar-refractivity contribution in [3.8, 4) is 5.75 Å². The second kappa shape index (κ2) is 11.2. The van der Waals surface area contributed by atoms with E-state index < -0.39 is 17.8 Å². The van der Waals surface area contributed by atoms with Crippen molar-refractivity contribution < 1.29 is 28.7 Å². The van der Waals surface area contributed by atoms with Crippen LogP contribution >= 0.6 is 0 Å². The van der Waals surface area contributed by atoms with E-state index in [1.54, 1.807) is 54.6 Å². The molecule has 0 fully saturated rings. The fraction of sp³-hybridized carbons (Fsp3) is 0.238. The van der Waals surface area contributed by atoms with Crippen LogP contribution < -0.4 is 15.6 Å². The van der Waals surface area contributed by atoms with Gasteiger partial charge in [0, 0.05) is 24.0 Å². The van der Waals surface area contributed by atoms with Gasteiger partial charge in [-0.2, -0.15) is 0 Å². The predicted octanol–water partition coefficient (Wildman–Crippen LogP) is 2.05. The average molecular weight is 398 g/mol. The maximum absolute atomic E-state index is 12.0. The van der Waals surface area contributed by atoms with Gasteiger partial charge in [-0.15, -0.1) is 0 Å². The summed E-state index contributed by atoms with van der Waals surface area (Å²) >= 11 is 0. The van der Waals surface area contributed by atoms with E-state index in [2.05, 4.69) is 10.9 Å². The first-order valence-electron chi connectivity index (χ1n) is 8.96. The first kappa shape index (κ1) is 21.6. The molecule has 0 aliphatic heterocycles. The quantitative estimate of drug-likeness (QED) is 0.380. The lowest BCUT2D eigenvalue weighted by atomic mass is 10.1. The first-order valence-corrected chi connectivity index (χ1v) is 8.96. The summed E-state index contributed by atoms with van der Waals surface area (Å²) in [6.07, 6.45) is 0.231. The molecule has 2 aromatic rings. The van der Waals surface area contributed by atoms with E-state index in [1.807, 2.05) is 0 Å². The summed E-state index contributed by atoms with van der Waals surface area (Å²) in [6, 6.07) is 14.9. The number of carbonyl (C=O) groups is 4. The van der Waals surface area contributed by atoms with E-state index in [-0.39, 0.29) is 31.7 Å². The summed E-state index contributed by atoms with van der Waals surface area (Å²) in [5.74, 6) is -1.15. The number of ether oxygens (including phenoxy) is 2. The van der Waals surface area contributed by atoms with Crippen molar-refractivity contribution in [2.24, 2.45) is 0 Å². The van der Waals surface area contributed by atoms with E-state index in [1.165, 1.54) is 7.11 Å². The summed E-state index contributed by atoms with van der Waals surface area (Å²) in [6.45, 7) is -0.371. The van der Waals surface area contributed by atoms with Crippen LogP contribution in [0, 0.1) is 0 Å². The number of hydrogen-bond donors (Lipinski definition) is 2. The van der Waals surface area contributed by atoms with Gasteiger partial charge in [0.25, 0.3) is 5.91 Å². The van der Waals surface area contributed by atoms with E-state index >= 15 is 0 Å². The molecule has 2 amide bonds. The zero-order chi connectivity index (χ0) is 21.1. The fourth-order valence-corrected chi connectivity index (χ4v) is 2.32. The Morgan fingerprint density at radius 3 is 2.17 bits per heavy atom. The minimum absolute atomic E-state index is 0.0179. The lowest BCUT2D eigenvalue weighted by molar-refractivity contribution is -0.142. The van der Waals surface area contributed by atoms with Gasteiger partial charge in [-0.3, -0.25) is 30.0 Å². The zero-order valence-corrected chi connectivity index (χ0v) is 16.0. The second-order valence-corrected chi connectivity index (χ2v) is 6.03. The van der Waals surface area contributed by atoms with Gasteiger partial charge in [-0.05, 0) is 42.8 Å². The number of nitrogens with one attached hydrogen (secondary N) is 2. The molecule has 0 spiro atoms. The number of Topliss-reactive ketones (excluding diaryl/α,β-unsaturated/α-hetero) is 1. The Kier molecular flexibility index (Phi) is 8.37. The Morgan fingerprint density at radius 2 is 1.52 bits per heavy atom. The number of methoxy groups -OCH3 is 1. The summed E-state index contributed by atoms with van der Waals surface area (Å²) in [4.78, 5) is 47.2. The monoisotopic (exact) mass is 398 g/mol. The molecule has 0 radical (unpaired) electrons. The molecule has 0 heterocycles. The third-order valence-electron chi connectivity index (χ3n) is 3.91. The molecule has 152 valence electrons. The van der Waals surface area contributed by atoms with Gasteiger partial charge in [0.2, 0.25) is 5.91 Å². The Labute approximate surface area is 168 Å². The maximum atomic E-state index is 12.0. The molecule has 0 aliphatic rings. The van der Waals surface area contributed by atoms with Crippen LogP contribution in [0.15, 0.2) is 54.6 Å². The molecule has 2 rings (SSSR count). The highest BCUT2D eigenvalue weighted by atomic mass is 16.5. The van der Waals surface area contributed by atoms with Crippen LogP contribution in [0.2, 0.25) is 0 Å². The van der Waals surface area contributed by atoms with Gasteiger partial charge >= 0.3 is 5.97 Å². The average Bonchev–Trinajstić information content (AvgIpc) is 2.76. The fourth-order valence-electron chi connectivity index (χ4n) is 2.32. The van der Waals surface area contributed by atoms with Crippen LogP contribution in [0.4, 0.5) is 0 Å². The number of hydrogen-bond acceptors (Lipinski definition) is 6. The lowest BCUT2D eigenvalue weighted by Gasteiger charge is -2.07. The summed E-state index contributed by atoms with van der Waals surface area (Å²) in [7, 11) is 1.52. The number of esters is 1. The third kappa shape index (κ3) is 7.45. The number of amides is 2. The number of hydrazine groups is 1. The zero-order valence-electron chi connectivity index (χ0n) is 16.0. The minimum Gasteiger partial charge on any atom is -0.497 e. The van der Waals surface area contributed by atoms with Crippen molar-refractivity contribution in [3.05, 3.63) is 65.7 Å². The standard InChI is InChI=1S/C21H22N2O6/c1-28-17-12-10-15(11-13-17)18(24)14-29-20(26)9-5-8-19(25)22-23-21(27)16-6-3-2-4-7-16/h2-4,6-7,10-13H,5,8-9,14H2,1H3,(H,22,25)(H,23,27). The van der Waals surface area contributed by atoms with Crippen LogP contribution in [0.5, 0.6) is 5.75 Å². The third-order valence-corrected chi connectivity index (χ3v) is 3.91. The highest BCUT2D eigenvalue weighted by molar-refractivity contribution is 5.98. The number of ketones is 1. The molecule has 0 aliphatic carbocycles. The Balaban J connectivity index is 1.61. The van der Waals surface area contributed by atoms with Crippen molar-refractivity contribution in [2.45, 2.75) is 19.3 Å². The second-order valence-electron chi connectivity index (χ2n) is 6.03. The molecule has 0 unspecified atom stereocenters. The molecule has 8 heteroatoms. The molecule has 2 aromatic carbocycles. The molecular weight excluding hydrogens is 376 g/mol. The van der Waals surface area contributed by atoms with Crippen molar-refractivity contribution in [3.63, 3.8) is 0 Å². The van der Waals surface area contributed by atoms with E-state index in [0.717, 1.165) is 0 Å². The minimum atomic E-state index is -0.576. The van der Waals surface area contributed by atoms with Crippen molar-refractivity contribution in [2.75, 3.05) is 13.7 Å². The van der Waals surface area contributed by atoms with E-state index in [0.29, 0.717) is 16.9 Å². The van der Waals surface area contributed by atoms with Gasteiger partial charge in [-0.25, -0.2) is 0 Å². The van der Waals surface area contributed by atoms with Crippen molar-refractivity contribution in [1.29, 1.82) is 0 Å². The predicted molar refractivity (Wildman–Crippen MR) is 104 cm³/mol.